The lowest BCUT2D eigenvalue weighted by atomic mass is 10.1. The Kier molecular flexibility index (Phi) is 6.97. The standard InChI is InChI=1S/C22H20Cl2N2O2/c23-20-10-7-16(12-21(20)24)14-28-19-8-5-15(6-9-19)11-17(13-25)22(27)26-18-3-1-2-4-18/h5-12,18H,1-4,14H2,(H,26,27)/b17-11-. The molecular weight excluding hydrogens is 395 g/mol. The summed E-state index contributed by atoms with van der Waals surface area (Å²) in [5, 5.41) is 13.2. The van der Waals surface area contributed by atoms with Crippen LogP contribution in [0.4, 0.5) is 0 Å². The van der Waals surface area contributed by atoms with Crippen LogP contribution in [0.2, 0.25) is 10.0 Å². The van der Waals surface area contributed by atoms with Crippen LogP contribution in [0, 0.1) is 11.3 Å². The molecule has 4 nitrogen and oxygen atoms in total. The van der Waals surface area contributed by atoms with E-state index in [1.807, 2.05) is 24.3 Å². The van der Waals surface area contributed by atoms with Gasteiger partial charge in [0.25, 0.3) is 5.91 Å². The zero-order valence-electron chi connectivity index (χ0n) is 15.3. The summed E-state index contributed by atoms with van der Waals surface area (Å²) in [6.45, 7) is 0.360. The van der Waals surface area contributed by atoms with Crippen LogP contribution in [0.1, 0.15) is 36.8 Å². The molecule has 0 aliphatic heterocycles. The summed E-state index contributed by atoms with van der Waals surface area (Å²) in [6.07, 6.45) is 5.80. The summed E-state index contributed by atoms with van der Waals surface area (Å²) in [4.78, 5) is 12.3. The molecule has 0 atom stereocenters. The van der Waals surface area contributed by atoms with Crippen molar-refractivity contribution < 1.29 is 9.53 Å². The summed E-state index contributed by atoms with van der Waals surface area (Å²) in [5.41, 5.74) is 1.78. The number of hydrogen-bond acceptors (Lipinski definition) is 3. The van der Waals surface area contributed by atoms with Gasteiger partial charge in [-0.05, 0) is 54.3 Å². The molecule has 144 valence electrons. The molecular formula is C22H20Cl2N2O2. The van der Waals surface area contributed by atoms with Gasteiger partial charge in [0.2, 0.25) is 0 Å². The van der Waals surface area contributed by atoms with Crippen molar-refractivity contribution in [1.29, 1.82) is 5.26 Å². The molecule has 2 aromatic rings. The highest BCUT2D eigenvalue weighted by Gasteiger charge is 2.19. The molecule has 3 rings (SSSR count). The van der Waals surface area contributed by atoms with E-state index in [2.05, 4.69) is 5.32 Å². The van der Waals surface area contributed by atoms with E-state index in [0.29, 0.717) is 22.4 Å². The van der Waals surface area contributed by atoms with E-state index in [-0.39, 0.29) is 17.5 Å². The van der Waals surface area contributed by atoms with Crippen LogP contribution in [-0.4, -0.2) is 11.9 Å². The number of carbonyl (C=O) groups is 1. The average Bonchev–Trinajstić information content (AvgIpc) is 3.21. The van der Waals surface area contributed by atoms with Crippen molar-refractivity contribution in [2.75, 3.05) is 0 Å². The molecule has 1 aliphatic rings. The molecule has 1 N–H and O–H groups in total. The van der Waals surface area contributed by atoms with E-state index in [1.165, 1.54) is 0 Å². The first-order valence-electron chi connectivity index (χ1n) is 9.14. The molecule has 1 saturated carbocycles. The predicted molar refractivity (Wildman–Crippen MR) is 111 cm³/mol. The lowest BCUT2D eigenvalue weighted by molar-refractivity contribution is -0.117. The maximum absolute atomic E-state index is 12.3. The number of nitrogens with one attached hydrogen (secondary N) is 1. The van der Waals surface area contributed by atoms with Gasteiger partial charge in [-0.25, -0.2) is 0 Å². The van der Waals surface area contributed by atoms with Crippen molar-refractivity contribution in [3.63, 3.8) is 0 Å². The maximum atomic E-state index is 12.3. The normalized spacial score (nSPS) is 14.5. The molecule has 0 saturated heterocycles. The van der Waals surface area contributed by atoms with E-state index in [0.717, 1.165) is 36.8 Å². The molecule has 0 spiro atoms. The van der Waals surface area contributed by atoms with Crippen LogP contribution in [0.25, 0.3) is 6.08 Å². The number of rotatable bonds is 6. The van der Waals surface area contributed by atoms with Crippen molar-refractivity contribution in [1.82, 2.24) is 5.32 Å². The van der Waals surface area contributed by atoms with Crippen LogP contribution >= 0.6 is 23.2 Å². The number of nitrogens with zero attached hydrogens (tertiary/aromatic N) is 1. The van der Waals surface area contributed by atoms with Gasteiger partial charge < -0.3 is 10.1 Å². The highest BCUT2D eigenvalue weighted by molar-refractivity contribution is 6.42. The van der Waals surface area contributed by atoms with Crippen LogP contribution in [0.3, 0.4) is 0 Å². The molecule has 1 fully saturated rings. The molecule has 0 heterocycles. The Labute approximate surface area is 174 Å². The predicted octanol–water partition coefficient (Wildman–Crippen LogP) is 5.54. The molecule has 1 aliphatic carbocycles. The summed E-state index contributed by atoms with van der Waals surface area (Å²) in [7, 11) is 0. The lowest BCUT2D eigenvalue weighted by Crippen LogP contribution is -2.33. The first kappa shape index (κ1) is 20.3. The molecule has 0 unspecified atom stereocenters. The molecule has 6 heteroatoms. The van der Waals surface area contributed by atoms with Crippen LogP contribution in [0.15, 0.2) is 48.0 Å². The van der Waals surface area contributed by atoms with Crippen molar-refractivity contribution in [3.05, 3.63) is 69.2 Å². The first-order chi connectivity index (χ1) is 13.5. The Morgan fingerprint density at radius 2 is 1.86 bits per heavy atom. The third-order valence-electron chi connectivity index (χ3n) is 4.64. The first-order valence-corrected chi connectivity index (χ1v) is 9.90. The van der Waals surface area contributed by atoms with E-state index in [4.69, 9.17) is 27.9 Å². The third-order valence-corrected chi connectivity index (χ3v) is 5.38. The van der Waals surface area contributed by atoms with Gasteiger partial charge >= 0.3 is 0 Å². The second-order valence-electron chi connectivity index (χ2n) is 6.73. The lowest BCUT2D eigenvalue weighted by Gasteiger charge is -2.11. The average molecular weight is 415 g/mol. The zero-order valence-corrected chi connectivity index (χ0v) is 16.8. The van der Waals surface area contributed by atoms with E-state index < -0.39 is 0 Å². The minimum absolute atomic E-state index is 0.108. The second kappa shape index (κ2) is 9.64. The Morgan fingerprint density at radius 3 is 2.50 bits per heavy atom. The Hall–Kier alpha value is -2.48. The van der Waals surface area contributed by atoms with Crippen LogP contribution < -0.4 is 10.1 Å². The van der Waals surface area contributed by atoms with Crippen molar-refractivity contribution in [2.24, 2.45) is 0 Å². The monoisotopic (exact) mass is 414 g/mol. The van der Waals surface area contributed by atoms with Crippen molar-refractivity contribution in [2.45, 2.75) is 38.3 Å². The van der Waals surface area contributed by atoms with Crippen LogP contribution in [-0.2, 0) is 11.4 Å². The number of ether oxygens (including phenoxy) is 1. The van der Waals surface area contributed by atoms with Gasteiger partial charge in [-0.15, -0.1) is 0 Å². The van der Waals surface area contributed by atoms with E-state index in [1.54, 1.807) is 30.3 Å². The topological polar surface area (TPSA) is 62.1 Å². The number of carbonyl (C=O) groups excluding carboxylic acids is 1. The quantitative estimate of drug-likeness (QED) is 0.498. The summed E-state index contributed by atoms with van der Waals surface area (Å²) >= 11 is 11.9. The van der Waals surface area contributed by atoms with Gasteiger partial charge in [-0.3, -0.25) is 4.79 Å². The number of hydrogen-bond donors (Lipinski definition) is 1. The summed E-state index contributed by atoms with van der Waals surface area (Å²) in [6, 6.07) is 14.7. The number of benzene rings is 2. The fourth-order valence-corrected chi connectivity index (χ4v) is 3.43. The number of nitriles is 1. The van der Waals surface area contributed by atoms with Gasteiger partial charge in [-0.2, -0.15) is 5.26 Å². The van der Waals surface area contributed by atoms with Gasteiger partial charge in [-0.1, -0.05) is 54.2 Å². The largest absolute Gasteiger partial charge is 0.489 e. The molecule has 0 aromatic heterocycles. The second-order valence-corrected chi connectivity index (χ2v) is 7.55. The SMILES string of the molecule is N#C/C(=C/c1ccc(OCc2ccc(Cl)c(Cl)c2)cc1)C(=O)NC1CCCC1. The summed E-state index contributed by atoms with van der Waals surface area (Å²) < 4.78 is 5.74. The molecule has 1 amide bonds. The molecule has 28 heavy (non-hydrogen) atoms. The highest BCUT2D eigenvalue weighted by Crippen LogP contribution is 2.24. The minimum Gasteiger partial charge on any atom is -0.489 e. The van der Waals surface area contributed by atoms with Crippen molar-refractivity contribution in [3.8, 4) is 11.8 Å². The zero-order chi connectivity index (χ0) is 19.9. The minimum atomic E-state index is -0.311. The van der Waals surface area contributed by atoms with E-state index >= 15 is 0 Å². The van der Waals surface area contributed by atoms with Gasteiger partial charge in [0.15, 0.2) is 0 Å². The fourth-order valence-electron chi connectivity index (χ4n) is 3.10. The Balaban J connectivity index is 1.60. The van der Waals surface area contributed by atoms with Crippen molar-refractivity contribution >= 4 is 35.2 Å². The van der Waals surface area contributed by atoms with Gasteiger partial charge in [0.05, 0.1) is 10.0 Å². The van der Waals surface area contributed by atoms with E-state index in [9.17, 15) is 10.1 Å². The fraction of sp³-hybridized carbons (Fsp3) is 0.273. The Morgan fingerprint density at radius 1 is 1.14 bits per heavy atom. The maximum Gasteiger partial charge on any atom is 0.262 e. The summed E-state index contributed by atoms with van der Waals surface area (Å²) in [5.74, 6) is 0.367. The number of halogens is 2. The molecule has 0 radical (unpaired) electrons. The van der Waals surface area contributed by atoms with Gasteiger partial charge in [0, 0.05) is 6.04 Å². The molecule has 2 aromatic carbocycles. The third kappa shape index (κ3) is 5.51. The van der Waals surface area contributed by atoms with Crippen LogP contribution in [0.5, 0.6) is 5.75 Å². The Bertz CT molecular complexity index is 911. The smallest absolute Gasteiger partial charge is 0.262 e. The highest BCUT2D eigenvalue weighted by atomic mass is 35.5. The number of amides is 1. The van der Waals surface area contributed by atoms with Gasteiger partial charge in [0.1, 0.15) is 24.0 Å². The molecule has 0 bridgehead atoms.